The van der Waals surface area contributed by atoms with Gasteiger partial charge in [0.1, 0.15) is 0 Å². The molecule has 5 heteroatoms. The lowest BCUT2D eigenvalue weighted by molar-refractivity contribution is -0.117. The maximum atomic E-state index is 12.3. The van der Waals surface area contributed by atoms with Crippen LogP contribution in [-0.4, -0.2) is 30.8 Å². The van der Waals surface area contributed by atoms with Crippen molar-refractivity contribution in [2.75, 3.05) is 18.1 Å². The van der Waals surface area contributed by atoms with E-state index >= 15 is 0 Å². The lowest BCUT2D eigenvalue weighted by Crippen LogP contribution is -2.24. The maximum Gasteiger partial charge on any atom is 0.338 e. The van der Waals surface area contributed by atoms with E-state index in [4.69, 9.17) is 4.74 Å². The number of amides is 1. The fourth-order valence-electron chi connectivity index (χ4n) is 3.07. The fraction of sp³-hybridized carbons (Fsp3) is 0.318. The molecule has 0 atom stereocenters. The van der Waals surface area contributed by atoms with Crippen molar-refractivity contribution in [1.82, 2.24) is 0 Å². The van der Waals surface area contributed by atoms with Gasteiger partial charge in [0, 0.05) is 24.2 Å². The van der Waals surface area contributed by atoms with Crippen molar-refractivity contribution < 1.29 is 19.1 Å². The topological polar surface area (TPSA) is 63.7 Å². The van der Waals surface area contributed by atoms with Crippen LogP contribution in [0, 0.1) is 0 Å². The summed E-state index contributed by atoms with van der Waals surface area (Å²) >= 11 is 0. The van der Waals surface area contributed by atoms with E-state index in [2.05, 4.69) is 13.8 Å². The molecule has 0 unspecified atom stereocenters. The van der Waals surface area contributed by atoms with E-state index < -0.39 is 5.97 Å². The molecule has 1 heterocycles. The molecule has 0 aliphatic carbocycles. The number of ketones is 1. The predicted octanol–water partition coefficient (Wildman–Crippen LogP) is 3.98. The molecular formula is C22H23NO4. The third-order valence-corrected chi connectivity index (χ3v) is 4.70. The number of hydrogen-bond acceptors (Lipinski definition) is 4. The van der Waals surface area contributed by atoms with Gasteiger partial charge in [0.2, 0.25) is 5.91 Å². The van der Waals surface area contributed by atoms with Gasteiger partial charge in [-0.05, 0) is 36.1 Å². The number of rotatable bonds is 6. The first-order valence-corrected chi connectivity index (χ1v) is 9.16. The van der Waals surface area contributed by atoms with E-state index in [1.165, 1.54) is 0 Å². The van der Waals surface area contributed by atoms with Crippen LogP contribution >= 0.6 is 0 Å². The molecule has 1 saturated heterocycles. The number of Topliss-reactive ketones (excluding diaryl/α,β-unsaturated/α-hetero) is 1. The zero-order valence-corrected chi connectivity index (χ0v) is 15.6. The predicted molar refractivity (Wildman–Crippen MR) is 103 cm³/mol. The fourth-order valence-corrected chi connectivity index (χ4v) is 3.07. The number of carbonyl (C=O) groups is 3. The second-order valence-electron chi connectivity index (χ2n) is 6.98. The quantitative estimate of drug-likeness (QED) is 0.574. The summed E-state index contributed by atoms with van der Waals surface area (Å²) in [4.78, 5) is 38.1. The van der Waals surface area contributed by atoms with Crippen molar-refractivity contribution in [2.24, 2.45) is 0 Å². The number of hydrogen-bond donors (Lipinski definition) is 0. The summed E-state index contributed by atoms with van der Waals surface area (Å²) in [5.74, 6) is -0.373. The Hall–Kier alpha value is -2.95. The zero-order chi connectivity index (χ0) is 19.4. The van der Waals surface area contributed by atoms with Gasteiger partial charge in [-0.25, -0.2) is 4.79 Å². The molecule has 5 nitrogen and oxygen atoms in total. The highest BCUT2D eigenvalue weighted by Crippen LogP contribution is 2.22. The van der Waals surface area contributed by atoms with Gasteiger partial charge in [0.05, 0.1) is 5.56 Å². The Morgan fingerprint density at radius 2 is 1.81 bits per heavy atom. The van der Waals surface area contributed by atoms with Gasteiger partial charge in [-0.1, -0.05) is 44.2 Å². The molecule has 0 radical (unpaired) electrons. The molecule has 0 saturated carbocycles. The van der Waals surface area contributed by atoms with Crippen LogP contribution < -0.4 is 4.90 Å². The second-order valence-corrected chi connectivity index (χ2v) is 6.98. The largest absolute Gasteiger partial charge is 0.454 e. The monoisotopic (exact) mass is 365 g/mol. The van der Waals surface area contributed by atoms with Crippen molar-refractivity contribution in [3.8, 4) is 0 Å². The lowest BCUT2D eigenvalue weighted by Gasteiger charge is -2.16. The van der Waals surface area contributed by atoms with Crippen LogP contribution in [-0.2, 0) is 9.53 Å². The summed E-state index contributed by atoms with van der Waals surface area (Å²) < 4.78 is 5.17. The average molecular weight is 365 g/mol. The summed E-state index contributed by atoms with van der Waals surface area (Å²) in [5.41, 5.74) is 2.68. The minimum atomic E-state index is -0.573. The van der Waals surface area contributed by atoms with Crippen LogP contribution in [0.25, 0.3) is 0 Å². The van der Waals surface area contributed by atoms with E-state index in [0.29, 0.717) is 35.7 Å². The van der Waals surface area contributed by atoms with Crippen molar-refractivity contribution in [3.63, 3.8) is 0 Å². The Bertz CT molecular complexity index is 855. The Morgan fingerprint density at radius 1 is 1.07 bits per heavy atom. The first-order valence-electron chi connectivity index (χ1n) is 9.16. The minimum absolute atomic E-state index is 0.0561. The van der Waals surface area contributed by atoms with E-state index in [-0.39, 0.29) is 18.3 Å². The summed E-state index contributed by atoms with van der Waals surface area (Å²) in [5, 5.41) is 0. The first kappa shape index (κ1) is 18.8. The van der Waals surface area contributed by atoms with E-state index in [9.17, 15) is 14.4 Å². The molecule has 0 spiro atoms. The second kappa shape index (κ2) is 8.16. The summed E-state index contributed by atoms with van der Waals surface area (Å²) in [6, 6.07) is 14.1. The number of anilines is 1. The first-order chi connectivity index (χ1) is 13.0. The van der Waals surface area contributed by atoms with Crippen LogP contribution in [0.15, 0.2) is 48.5 Å². The normalized spacial score (nSPS) is 13.9. The van der Waals surface area contributed by atoms with Crippen LogP contribution in [0.1, 0.15) is 58.9 Å². The van der Waals surface area contributed by atoms with Crippen molar-refractivity contribution in [3.05, 3.63) is 65.2 Å². The summed E-state index contributed by atoms with van der Waals surface area (Å²) in [7, 11) is 0. The Kier molecular flexibility index (Phi) is 5.69. The van der Waals surface area contributed by atoms with Gasteiger partial charge >= 0.3 is 5.97 Å². The summed E-state index contributed by atoms with van der Waals surface area (Å²) in [6.07, 6.45) is 1.34. The van der Waals surface area contributed by atoms with Gasteiger partial charge in [-0.15, -0.1) is 0 Å². The third kappa shape index (κ3) is 4.42. The molecule has 1 fully saturated rings. The van der Waals surface area contributed by atoms with Crippen molar-refractivity contribution in [1.29, 1.82) is 0 Å². The van der Waals surface area contributed by atoms with Crippen molar-refractivity contribution in [2.45, 2.75) is 32.6 Å². The summed E-state index contributed by atoms with van der Waals surface area (Å²) in [6.45, 7) is 4.51. The molecule has 0 bridgehead atoms. The minimum Gasteiger partial charge on any atom is -0.454 e. The van der Waals surface area contributed by atoms with Gasteiger partial charge < -0.3 is 9.64 Å². The highest BCUT2D eigenvalue weighted by molar-refractivity contribution is 6.00. The molecule has 1 aliphatic heterocycles. The maximum absolute atomic E-state index is 12.3. The molecule has 140 valence electrons. The number of esters is 1. The SMILES string of the molecule is CC(C)c1ccc(C(=O)COC(=O)c2cccc(N3CCCC3=O)c2)cc1. The highest BCUT2D eigenvalue weighted by Gasteiger charge is 2.22. The van der Waals surface area contributed by atoms with Crippen LogP contribution in [0.3, 0.4) is 0 Å². The zero-order valence-electron chi connectivity index (χ0n) is 15.6. The van der Waals surface area contributed by atoms with Crippen molar-refractivity contribution >= 4 is 23.3 Å². The Morgan fingerprint density at radius 3 is 2.44 bits per heavy atom. The number of ether oxygens (including phenoxy) is 1. The number of carbonyl (C=O) groups excluding carboxylic acids is 3. The number of nitrogens with zero attached hydrogens (tertiary/aromatic N) is 1. The Balaban J connectivity index is 1.62. The molecule has 2 aromatic carbocycles. The van der Waals surface area contributed by atoms with E-state index in [0.717, 1.165) is 12.0 Å². The highest BCUT2D eigenvalue weighted by atomic mass is 16.5. The standard InChI is InChI=1S/C22H23NO4/c1-15(2)16-8-10-17(11-9-16)20(24)14-27-22(26)18-5-3-6-19(13-18)23-12-4-7-21(23)25/h3,5-6,8-11,13,15H,4,7,12,14H2,1-2H3. The van der Waals surface area contributed by atoms with Gasteiger partial charge in [-0.2, -0.15) is 0 Å². The van der Waals surface area contributed by atoms with E-state index in [1.54, 1.807) is 41.3 Å². The molecular weight excluding hydrogens is 342 g/mol. The lowest BCUT2D eigenvalue weighted by atomic mass is 10.0. The molecule has 27 heavy (non-hydrogen) atoms. The molecule has 2 aromatic rings. The molecule has 1 amide bonds. The van der Waals surface area contributed by atoms with E-state index in [1.807, 2.05) is 12.1 Å². The number of benzene rings is 2. The molecule has 0 N–H and O–H groups in total. The van der Waals surface area contributed by atoms with Gasteiger partial charge in [-0.3, -0.25) is 9.59 Å². The van der Waals surface area contributed by atoms with Gasteiger partial charge in [0.15, 0.2) is 12.4 Å². The smallest absolute Gasteiger partial charge is 0.338 e. The third-order valence-electron chi connectivity index (χ3n) is 4.70. The van der Waals surface area contributed by atoms with Crippen LogP contribution in [0.2, 0.25) is 0 Å². The molecule has 0 aromatic heterocycles. The average Bonchev–Trinajstić information content (AvgIpc) is 3.12. The van der Waals surface area contributed by atoms with Gasteiger partial charge in [0.25, 0.3) is 0 Å². The Labute approximate surface area is 158 Å². The molecule has 1 aliphatic rings. The molecule has 3 rings (SSSR count). The van der Waals surface area contributed by atoms with Crippen LogP contribution in [0.5, 0.6) is 0 Å². The van der Waals surface area contributed by atoms with Crippen LogP contribution in [0.4, 0.5) is 5.69 Å².